The first-order valence-electron chi connectivity index (χ1n) is 6.26. The third-order valence-corrected chi connectivity index (χ3v) is 4.73. The molecule has 0 aliphatic heterocycles. The van der Waals surface area contributed by atoms with Gasteiger partial charge in [0.25, 0.3) is 0 Å². The van der Waals surface area contributed by atoms with Gasteiger partial charge >= 0.3 is 0 Å². The second-order valence-corrected chi connectivity index (χ2v) is 6.76. The van der Waals surface area contributed by atoms with Crippen LogP contribution in [0, 0.1) is 0 Å². The van der Waals surface area contributed by atoms with Gasteiger partial charge in [0.05, 0.1) is 4.90 Å². The molecular weight excluding hydrogens is 264 g/mol. The van der Waals surface area contributed by atoms with Gasteiger partial charge in [0.1, 0.15) is 0 Å². The fraction of sp³-hybridized carbons (Fsp3) is 0.538. The van der Waals surface area contributed by atoms with Crippen LogP contribution in [-0.2, 0) is 10.0 Å². The lowest BCUT2D eigenvalue weighted by Gasteiger charge is -2.16. The Morgan fingerprint density at radius 3 is 2.63 bits per heavy atom. The SMILES string of the molecule is CC(NCCCO)c1cccc(S(=O)(=O)N(C)C)c1. The highest BCUT2D eigenvalue weighted by molar-refractivity contribution is 7.89. The van der Waals surface area contributed by atoms with Crippen molar-refractivity contribution >= 4 is 10.0 Å². The van der Waals surface area contributed by atoms with Gasteiger partial charge in [0.2, 0.25) is 10.0 Å². The summed E-state index contributed by atoms with van der Waals surface area (Å²) in [7, 11) is -0.355. The van der Waals surface area contributed by atoms with Crippen molar-refractivity contribution in [3.63, 3.8) is 0 Å². The number of rotatable bonds is 7. The highest BCUT2D eigenvalue weighted by Crippen LogP contribution is 2.19. The zero-order valence-corrected chi connectivity index (χ0v) is 12.4. The Morgan fingerprint density at radius 2 is 2.05 bits per heavy atom. The summed E-state index contributed by atoms with van der Waals surface area (Å²) in [6, 6.07) is 6.97. The first-order valence-corrected chi connectivity index (χ1v) is 7.70. The molecule has 5 nitrogen and oxygen atoms in total. The van der Waals surface area contributed by atoms with Crippen molar-refractivity contribution in [1.82, 2.24) is 9.62 Å². The second-order valence-electron chi connectivity index (χ2n) is 4.61. The molecule has 0 heterocycles. The van der Waals surface area contributed by atoms with Crippen molar-refractivity contribution < 1.29 is 13.5 Å². The van der Waals surface area contributed by atoms with Crippen LogP contribution >= 0.6 is 0 Å². The summed E-state index contributed by atoms with van der Waals surface area (Å²) < 4.78 is 25.3. The van der Waals surface area contributed by atoms with Crippen LogP contribution in [-0.4, -0.2) is 45.1 Å². The molecule has 0 radical (unpaired) electrons. The van der Waals surface area contributed by atoms with Gasteiger partial charge in [0, 0.05) is 26.7 Å². The average molecular weight is 286 g/mol. The molecule has 1 aromatic rings. The van der Waals surface area contributed by atoms with Crippen LogP contribution in [0.1, 0.15) is 24.9 Å². The van der Waals surface area contributed by atoms with E-state index >= 15 is 0 Å². The van der Waals surface area contributed by atoms with Crippen molar-refractivity contribution in [1.29, 1.82) is 0 Å². The number of nitrogens with zero attached hydrogens (tertiary/aromatic N) is 1. The largest absolute Gasteiger partial charge is 0.396 e. The Hall–Kier alpha value is -0.950. The zero-order valence-electron chi connectivity index (χ0n) is 11.6. The molecular formula is C13H22N2O3S. The van der Waals surface area contributed by atoms with E-state index in [1.54, 1.807) is 18.2 Å². The van der Waals surface area contributed by atoms with E-state index in [9.17, 15) is 8.42 Å². The molecule has 0 aromatic heterocycles. The summed E-state index contributed by atoms with van der Waals surface area (Å²) in [4.78, 5) is 0.297. The number of aliphatic hydroxyl groups is 1. The molecule has 0 amide bonds. The third-order valence-electron chi connectivity index (χ3n) is 2.92. The molecule has 0 saturated heterocycles. The summed E-state index contributed by atoms with van der Waals surface area (Å²) >= 11 is 0. The van der Waals surface area contributed by atoms with E-state index in [2.05, 4.69) is 5.32 Å². The lowest BCUT2D eigenvalue weighted by atomic mass is 10.1. The van der Waals surface area contributed by atoms with Crippen LogP contribution in [0.5, 0.6) is 0 Å². The Balaban J connectivity index is 2.89. The van der Waals surface area contributed by atoms with Crippen LogP contribution in [0.4, 0.5) is 0 Å². The average Bonchev–Trinajstić information content (AvgIpc) is 2.39. The molecule has 0 aliphatic rings. The Labute approximate surface area is 115 Å². The molecule has 19 heavy (non-hydrogen) atoms. The molecule has 0 saturated carbocycles. The van der Waals surface area contributed by atoms with E-state index in [4.69, 9.17) is 5.11 Å². The van der Waals surface area contributed by atoms with Crippen LogP contribution in [0.25, 0.3) is 0 Å². The molecule has 0 fully saturated rings. The van der Waals surface area contributed by atoms with Gasteiger partial charge in [-0.2, -0.15) is 0 Å². The highest BCUT2D eigenvalue weighted by Gasteiger charge is 2.18. The second kappa shape index (κ2) is 7.00. The van der Waals surface area contributed by atoms with E-state index < -0.39 is 10.0 Å². The van der Waals surface area contributed by atoms with Gasteiger partial charge in [-0.15, -0.1) is 0 Å². The maximum Gasteiger partial charge on any atom is 0.242 e. The predicted octanol–water partition coefficient (Wildman–Crippen LogP) is 0.970. The summed E-state index contributed by atoms with van der Waals surface area (Å²) in [6.45, 7) is 2.82. The number of sulfonamides is 1. The minimum atomic E-state index is -3.39. The Bertz CT molecular complexity index is 500. The maximum absolute atomic E-state index is 12.0. The van der Waals surface area contributed by atoms with Gasteiger partial charge < -0.3 is 10.4 Å². The third kappa shape index (κ3) is 4.28. The van der Waals surface area contributed by atoms with Crippen LogP contribution in [0.2, 0.25) is 0 Å². The van der Waals surface area contributed by atoms with E-state index in [-0.39, 0.29) is 12.6 Å². The van der Waals surface area contributed by atoms with Gasteiger partial charge in [-0.05, 0) is 37.6 Å². The van der Waals surface area contributed by atoms with Gasteiger partial charge in [-0.3, -0.25) is 0 Å². The van der Waals surface area contributed by atoms with Gasteiger partial charge in [-0.25, -0.2) is 12.7 Å². The number of nitrogens with one attached hydrogen (secondary N) is 1. The number of aliphatic hydroxyl groups excluding tert-OH is 1. The standard InChI is InChI=1S/C13H22N2O3S/c1-11(14-8-5-9-16)12-6-4-7-13(10-12)19(17,18)15(2)3/h4,6-7,10-11,14,16H,5,8-9H2,1-3H3. The molecule has 0 aliphatic carbocycles. The van der Waals surface area contributed by atoms with Crippen LogP contribution in [0.15, 0.2) is 29.2 Å². The van der Waals surface area contributed by atoms with Crippen LogP contribution < -0.4 is 5.32 Å². The monoisotopic (exact) mass is 286 g/mol. The summed E-state index contributed by atoms with van der Waals surface area (Å²) in [6.07, 6.45) is 0.681. The van der Waals surface area contributed by atoms with Crippen molar-refractivity contribution in [3.8, 4) is 0 Å². The molecule has 1 unspecified atom stereocenters. The predicted molar refractivity (Wildman–Crippen MR) is 75.4 cm³/mol. The molecule has 1 rings (SSSR count). The van der Waals surface area contributed by atoms with E-state index in [0.29, 0.717) is 17.9 Å². The maximum atomic E-state index is 12.0. The topological polar surface area (TPSA) is 69.6 Å². The first-order chi connectivity index (χ1) is 8.89. The molecule has 108 valence electrons. The van der Waals surface area contributed by atoms with Crippen molar-refractivity contribution in [2.75, 3.05) is 27.2 Å². The quantitative estimate of drug-likeness (QED) is 0.733. The minimum Gasteiger partial charge on any atom is -0.396 e. The summed E-state index contributed by atoms with van der Waals surface area (Å²) in [5.74, 6) is 0. The molecule has 1 aromatic carbocycles. The van der Waals surface area contributed by atoms with Crippen molar-refractivity contribution in [3.05, 3.63) is 29.8 Å². The van der Waals surface area contributed by atoms with Crippen molar-refractivity contribution in [2.24, 2.45) is 0 Å². The molecule has 1 atom stereocenters. The molecule has 6 heteroatoms. The number of hydrogen-bond acceptors (Lipinski definition) is 4. The lowest BCUT2D eigenvalue weighted by molar-refractivity contribution is 0.284. The fourth-order valence-electron chi connectivity index (χ4n) is 1.67. The molecule has 0 spiro atoms. The number of hydrogen-bond donors (Lipinski definition) is 2. The minimum absolute atomic E-state index is 0.0452. The van der Waals surface area contributed by atoms with E-state index in [1.165, 1.54) is 18.4 Å². The molecule has 2 N–H and O–H groups in total. The van der Waals surface area contributed by atoms with Gasteiger partial charge in [-0.1, -0.05) is 12.1 Å². The van der Waals surface area contributed by atoms with Crippen molar-refractivity contribution in [2.45, 2.75) is 24.3 Å². The first kappa shape index (κ1) is 16.1. The molecule has 0 bridgehead atoms. The lowest BCUT2D eigenvalue weighted by Crippen LogP contribution is -2.23. The zero-order chi connectivity index (χ0) is 14.5. The summed E-state index contributed by atoms with van der Waals surface area (Å²) in [5, 5.41) is 12.0. The van der Waals surface area contributed by atoms with Gasteiger partial charge in [0.15, 0.2) is 0 Å². The Morgan fingerprint density at radius 1 is 1.37 bits per heavy atom. The summed E-state index contributed by atoms with van der Waals surface area (Å²) in [5.41, 5.74) is 0.917. The van der Waals surface area contributed by atoms with E-state index in [0.717, 1.165) is 5.56 Å². The van der Waals surface area contributed by atoms with Crippen LogP contribution in [0.3, 0.4) is 0 Å². The number of benzene rings is 1. The fourth-order valence-corrected chi connectivity index (χ4v) is 2.63. The normalized spacial score (nSPS) is 13.7. The highest BCUT2D eigenvalue weighted by atomic mass is 32.2. The van der Waals surface area contributed by atoms with E-state index in [1.807, 2.05) is 13.0 Å². The smallest absolute Gasteiger partial charge is 0.242 e. The Kier molecular flexibility index (Phi) is 5.93.